The predicted octanol–water partition coefficient (Wildman–Crippen LogP) is 1.48. The van der Waals surface area contributed by atoms with E-state index in [1.165, 1.54) is 5.69 Å². The molecule has 2 N–H and O–H groups in total. The highest BCUT2D eigenvalue weighted by Gasteiger charge is 2.22. The van der Waals surface area contributed by atoms with E-state index in [4.69, 9.17) is 0 Å². The van der Waals surface area contributed by atoms with Gasteiger partial charge in [-0.2, -0.15) is 5.10 Å². The molecular weight excluding hydrogens is 417 g/mol. The zero-order valence-corrected chi connectivity index (χ0v) is 16.8. The van der Waals surface area contributed by atoms with Gasteiger partial charge in [0.1, 0.15) is 5.82 Å². The predicted molar refractivity (Wildman–Crippen MR) is 106 cm³/mol. The average Bonchev–Trinajstić information content (AvgIpc) is 3.16. The summed E-state index contributed by atoms with van der Waals surface area (Å²) >= 11 is 0. The van der Waals surface area contributed by atoms with Crippen molar-refractivity contribution in [2.75, 3.05) is 7.05 Å². The number of aliphatic imine (C=N–C) groups is 1. The number of guanidine groups is 1. The molecule has 2 aromatic heterocycles. The van der Waals surface area contributed by atoms with E-state index in [9.17, 15) is 0 Å². The summed E-state index contributed by atoms with van der Waals surface area (Å²) in [7, 11) is 3.85. The maximum Gasteiger partial charge on any atom is 0.191 e. The number of nitrogens with one attached hydrogen (secondary N) is 2. The van der Waals surface area contributed by atoms with E-state index in [0.717, 1.165) is 50.0 Å². The van der Waals surface area contributed by atoms with Gasteiger partial charge in [0.15, 0.2) is 11.8 Å². The van der Waals surface area contributed by atoms with Crippen LogP contribution in [0.1, 0.15) is 30.7 Å². The van der Waals surface area contributed by atoms with Crippen LogP contribution in [-0.2, 0) is 33.0 Å². The molecule has 1 atom stereocenters. The largest absolute Gasteiger partial charge is 0.353 e. The van der Waals surface area contributed by atoms with Crippen molar-refractivity contribution < 1.29 is 0 Å². The first kappa shape index (κ1) is 18.8. The molecule has 0 saturated carbocycles. The molecule has 1 aliphatic heterocycles. The summed E-state index contributed by atoms with van der Waals surface area (Å²) < 4.78 is 4.14. The smallest absolute Gasteiger partial charge is 0.191 e. The molecule has 3 rings (SSSR count). The van der Waals surface area contributed by atoms with Crippen molar-refractivity contribution in [2.45, 2.75) is 45.3 Å². The van der Waals surface area contributed by atoms with Crippen LogP contribution in [0.2, 0.25) is 0 Å². The Kier molecular flexibility index (Phi) is 6.64. The third-order valence-electron chi connectivity index (χ3n) is 4.27. The summed E-state index contributed by atoms with van der Waals surface area (Å²) in [4.78, 5) is 8.89. The number of fused-ring (bicyclic) bond motifs is 1. The average molecular weight is 443 g/mol. The normalized spacial score (nSPS) is 17.1. The quantitative estimate of drug-likeness (QED) is 0.427. The molecule has 0 amide bonds. The van der Waals surface area contributed by atoms with E-state index < -0.39 is 0 Å². The minimum Gasteiger partial charge on any atom is -0.353 e. The second kappa shape index (κ2) is 8.50. The monoisotopic (exact) mass is 443 g/mol. The molecule has 0 spiro atoms. The minimum absolute atomic E-state index is 0. The van der Waals surface area contributed by atoms with E-state index in [0.29, 0.717) is 6.04 Å². The van der Waals surface area contributed by atoms with Crippen LogP contribution in [0.3, 0.4) is 0 Å². The van der Waals surface area contributed by atoms with Crippen molar-refractivity contribution in [3.8, 4) is 0 Å². The zero-order chi connectivity index (χ0) is 16.2. The van der Waals surface area contributed by atoms with E-state index in [-0.39, 0.29) is 24.0 Å². The Labute approximate surface area is 160 Å². The summed E-state index contributed by atoms with van der Waals surface area (Å²) in [6, 6.07) is 4.48. The Bertz CT molecular complexity index is 688. The molecule has 1 aliphatic rings. The number of hydrogen-bond acceptors (Lipinski definition) is 3. The lowest BCUT2D eigenvalue weighted by Crippen LogP contribution is -2.46. The Morgan fingerprint density at radius 2 is 2.29 bits per heavy atom. The van der Waals surface area contributed by atoms with Gasteiger partial charge in [0.05, 0.1) is 13.1 Å². The summed E-state index contributed by atoms with van der Waals surface area (Å²) in [5, 5.41) is 11.4. The first-order valence-electron chi connectivity index (χ1n) is 8.19. The van der Waals surface area contributed by atoms with Gasteiger partial charge < -0.3 is 15.2 Å². The van der Waals surface area contributed by atoms with Gasteiger partial charge in [-0.1, -0.05) is 6.92 Å². The van der Waals surface area contributed by atoms with Crippen molar-refractivity contribution >= 4 is 29.9 Å². The van der Waals surface area contributed by atoms with Crippen LogP contribution < -0.4 is 10.6 Å². The fraction of sp³-hybridized carbons (Fsp3) is 0.562. The van der Waals surface area contributed by atoms with Gasteiger partial charge in [-0.25, -0.2) is 9.67 Å². The molecule has 132 valence electrons. The maximum atomic E-state index is 4.56. The van der Waals surface area contributed by atoms with Gasteiger partial charge in [-0.15, -0.1) is 24.0 Å². The van der Waals surface area contributed by atoms with Gasteiger partial charge in [0, 0.05) is 44.9 Å². The van der Waals surface area contributed by atoms with E-state index in [1.54, 1.807) is 7.05 Å². The summed E-state index contributed by atoms with van der Waals surface area (Å²) in [6.45, 7) is 3.68. The van der Waals surface area contributed by atoms with Gasteiger partial charge in [0.2, 0.25) is 0 Å². The molecule has 2 aromatic rings. The second-order valence-electron chi connectivity index (χ2n) is 5.90. The molecular formula is C16H26IN7. The molecule has 0 bridgehead atoms. The molecule has 24 heavy (non-hydrogen) atoms. The standard InChI is InChI=1S/C16H25N7.HI/c1-4-14-20-15-8-7-12(11-23(15)21-14)19-16(17-2)18-10-13-6-5-9-22(13)3;/h5-6,9,12H,4,7-8,10-11H2,1-3H3,(H2,17,18,19);1H. The van der Waals surface area contributed by atoms with Crippen LogP contribution in [0.4, 0.5) is 0 Å². The highest BCUT2D eigenvalue weighted by molar-refractivity contribution is 14.0. The molecule has 0 radical (unpaired) electrons. The summed E-state index contributed by atoms with van der Waals surface area (Å²) in [5.41, 5.74) is 1.22. The Hall–Kier alpha value is -1.58. The molecule has 0 aromatic carbocycles. The molecule has 0 fully saturated rings. The first-order valence-corrected chi connectivity index (χ1v) is 8.19. The number of nitrogens with zero attached hydrogens (tertiary/aromatic N) is 5. The number of halogens is 1. The lowest BCUT2D eigenvalue weighted by molar-refractivity contribution is 0.392. The fourth-order valence-corrected chi connectivity index (χ4v) is 2.87. The Morgan fingerprint density at radius 3 is 2.96 bits per heavy atom. The van der Waals surface area contributed by atoms with Gasteiger partial charge in [0.25, 0.3) is 0 Å². The topological polar surface area (TPSA) is 72.1 Å². The second-order valence-corrected chi connectivity index (χ2v) is 5.90. The van der Waals surface area contributed by atoms with Gasteiger partial charge in [-0.3, -0.25) is 4.99 Å². The fourth-order valence-electron chi connectivity index (χ4n) is 2.87. The van der Waals surface area contributed by atoms with E-state index >= 15 is 0 Å². The van der Waals surface area contributed by atoms with Crippen molar-refractivity contribution in [1.29, 1.82) is 0 Å². The van der Waals surface area contributed by atoms with Crippen LogP contribution in [0, 0.1) is 0 Å². The minimum atomic E-state index is 0. The number of hydrogen-bond donors (Lipinski definition) is 2. The van der Waals surface area contributed by atoms with Crippen LogP contribution in [0.15, 0.2) is 23.3 Å². The third kappa shape index (κ3) is 4.28. The molecule has 8 heteroatoms. The zero-order valence-electron chi connectivity index (χ0n) is 14.5. The van der Waals surface area contributed by atoms with Crippen molar-refractivity contribution in [3.05, 3.63) is 35.7 Å². The lowest BCUT2D eigenvalue weighted by Gasteiger charge is -2.25. The molecule has 1 unspecified atom stereocenters. The van der Waals surface area contributed by atoms with Crippen molar-refractivity contribution in [3.63, 3.8) is 0 Å². The van der Waals surface area contributed by atoms with Crippen molar-refractivity contribution in [2.24, 2.45) is 12.0 Å². The molecule has 7 nitrogen and oxygen atoms in total. The summed E-state index contributed by atoms with van der Waals surface area (Å²) in [6.07, 6.45) is 4.94. The van der Waals surface area contributed by atoms with E-state index in [1.807, 2.05) is 24.0 Å². The molecule has 0 aliphatic carbocycles. The third-order valence-corrected chi connectivity index (χ3v) is 4.27. The van der Waals surface area contributed by atoms with Crippen LogP contribution in [0.25, 0.3) is 0 Å². The Morgan fingerprint density at radius 1 is 1.46 bits per heavy atom. The van der Waals surface area contributed by atoms with Crippen LogP contribution in [-0.4, -0.2) is 38.4 Å². The number of aryl methyl sites for hydroxylation is 3. The highest BCUT2D eigenvalue weighted by atomic mass is 127. The lowest BCUT2D eigenvalue weighted by atomic mass is 10.1. The highest BCUT2D eigenvalue weighted by Crippen LogP contribution is 2.13. The maximum absolute atomic E-state index is 4.56. The van der Waals surface area contributed by atoms with Crippen LogP contribution >= 0.6 is 24.0 Å². The molecule has 0 saturated heterocycles. The summed E-state index contributed by atoms with van der Waals surface area (Å²) in [5.74, 6) is 2.87. The van der Waals surface area contributed by atoms with Gasteiger partial charge in [-0.05, 0) is 18.6 Å². The van der Waals surface area contributed by atoms with E-state index in [2.05, 4.69) is 43.3 Å². The number of aromatic nitrogens is 4. The Balaban J connectivity index is 0.00000208. The van der Waals surface area contributed by atoms with Gasteiger partial charge >= 0.3 is 0 Å². The molecule has 3 heterocycles. The van der Waals surface area contributed by atoms with Crippen LogP contribution in [0.5, 0.6) is 0 Å². The first-order chi connectivity index (χ1) is 11.2. The SMILES string of the molecule is CCc1nc2n(n1)CC(NC(=NC)NCc1cccn1C)CC2.I. The number of rotatable bonds is 4. The van der Waals surface area contributed by atoms with Crippen molar-refractivity contribution in [1.82, 2.24) is 30.0 Å².